The molecule has 0 bridgehead atoms. The Hall–Kier alpha value is -1.34. The van der Waals surface area contributed by atoms with E-state index in [0.29, 0.717) is 50.1 Å². The van der Waals surface area contributed by atoms with Crippen molar-refractivity contribution in [2.75, 3.05) is 26.9 Å². The Labute approximate surface area is 233 Å². The molecule has 10 nitrogen and oxygen atoms in total. The highest BCUT2D eigenvalue weighted by atomic mass is 79.9. The number of carbonyl (C=O) groups is 3. The van der Waals surface area contributed by atoms with E-state index in [2.05, 4.69) is 22.5 Å². The number of rotatable bonds is 10. The Balaban J connectivity index is 1.52. The summed E-state index contributed by atoms with van der Waals surface area (Å²) < 4.78 is 42.2. The van der Waals surface area contributed by atoms with Gasteiger partial charge in [0.25, 0.3) is 10.1 Å². The molecule has 0 unspecified atom stereocenters. The third-order valence-electron chi connectivity index (χ3n) is 8.76. The molecule has 0 aromatic carbocycles. The highest BCUT2D eigenvalue weighted by Gasteiger charge is 2.61. The Morgan fingerprint density at radius 3 is 2.42 bits per heavy atom. The molecule has 1 amide bonds. The number of esters is 1. The number of likely N-dealkylation sites (tertiary alicyclic amines) is 1. The molecule has 0 radical (unpaired) electrons. The van der Waals surface area contributed by atoms with Crippen LogP contribution in [0.15, 0.2) is 12.7 Å². The summed E-state index contributed by atoms with van der Waals surface area (Å²) in [6.45, 7) is 4.74. The van der Waals surface area contributed by atoms with Crippen LogP contribution in [0.3, 0.4) is 0 Å². The predicted molar refractivity (Wildman–Crippen MR) is 143 cm³/mol. The standard InChI is InChI=1S/C26H39BrN2O8S/c1-3-17-13-26(17,25(32)35-2)14-22(30)21-12-19(37-38(33,34)20-6-4-18(27)5-7-20)15-29(21)24(31)23(28)16-8-10-36-11-9-16/h3,16-21,23H,1,4-15,28H2,2H3/t17-,18?,19+,20?,21+,23+,26-/m1/s1. The zero-order valence-corrected chi connectivity index (χ0v) is 24.3. The fraction of sp³-hybridized carbons (Fsp3) is 0.808. The van der Waals surface area contributed by atoms with Crippen molar-refractivity contribution in [2.24, 2.45) is 23.0 Å². The van der Waals surface area contributed by atoms with Gasteiger partial charge < -0.3 is 20.1 Å². The number of hydrogen-bond donors (Lipinski definition) is 1. The second-order valence-electron chi connectivity index (χ2n) is 11.1. The number of ketones is 1. The molecule has 4 rings (SSSR count). The zero-order valence-electron chi connectivity index (χ0n) is 21.9. The van der Waals surface area contributed by atoms with Crippen LogP contribution in [0.1, 0.15) is 57.8 Å². The average Bonchev–Trinajstić information content (AvgIpc) is 3.47. The molecule has 2 saturated heterocycles. The summed E-state index contributed by atoms with van der Waals surface area (Å²) in [6.07, 6.45) is 4.89. The van der Waals surface area contributed by atoms with Crippen molar-refractivity contribution < 1.29 is 36.5 Å². The van der Waals surface area contributed by atoms with Crippen molar-refractivity contribution in [3.8, 4) is 0 Å². The van der Waals surface area contributed by atoms with Crippen LogP contribution >= 0.6 is 15.9 Å². The maximum absolute atomic E-state index is 13.6. The van der Waals surface area contributed by atoms with Crippen molar-refractivity contribution in [3.63, 3.8) is 0 Å². The summed E-state index contributed by atoms with van der Waals surface area (Å²) in [7, 11) is -2.61. The van der Waals surface area contributed by atoms with E-state index in [0.717, 1.165) is 12.8 Å². The first-order chi connectivity index (χ1) is 18.0. The first-order valence-corrected chi connectivity index (χ1v) is 15.8. The molecule has 214 valence electrons. The number of halogens is 1. The summed E-state index contributed by atoms with van der Waals surface area (Å²) in [5, 5.41) is -0.609. The molecule has 4 aliphatic rings. The Bertz CT molecular complexity index is 1020. The lowest BCUT2D eigenvalue weighted by Crippen LogP contribution is -2.52. The maximum atomic E-state index is 13.6. The van der Waals surface area contributed by atoms with E-state index in [1.807, 2.05) is 0 Å². The van der Waals surface area contributed by atoms with Gasteiger partial charge in [0.2, 0.25) is 5.91 Å². The number of Topliss-reactive ketones (excluding diaryl/α,β-unsaturated/α-hetero) is 1. The third kappa shape index (κ3) is 6.19. The highest BCUT2D eigenvalue weighted by Crippen LogP contribution is 2.57. The topological polar surface area (TPSA) is 142 Å². The summed E-state index contributed by atoms with van der Waals surface area (Å²) in [4.78, 5) is 41.5. The van der Waals surface area contributed by atoms with Gasteiger partial charge >= 0.3 is 5.97 Å². The van der Waals surface area contributed by atoms with E-state index in [-0.39, 0.29) is 37.0 Å². The summed E-state index contributed by atoms with van der Waals surface area (Å²) in [5.41, 5.74) is 5.39. The van der Waals surface area contributed by atoms with Crippen LogP contribution < -0.4 is 5.73 Å². The molecule has 0 aromatic heterocycles. The van der Waals surface area contributed by atoms with E-state index in [1.165, 1.54) is 12.0 Å². The summed E-state index contributed by atoms with van der Waals surface area (Å²) in [5.74, 6) is -1.49. The third-order valence-corrected chi connectivity index (χ3v) is 11.5. The van der Waals surface area contributed by atoms with Crippen LogP contribution in [0, 0.1) is 17.3 Å². The smallest absolute Gasteiger partial charge is 0.312 e. The average molecular weight is 620 g/mol. The molecule has 0 spiro atoms. The van der Waals surface area contributed by atoms with Crippen molar-refractivity contribution in [1.82, 2.24) is 4.90 Å². The maximum Gasteiger partial charge on any atom is 0.312 e. The van der Waals surface area contributed by atoms with Gasteiger partial charge in [-0.15, -0.1) is 6.58 Å². The first kappa shape index (κ1) is 29.6. The molecule has 12 heteroatoms. The second kappa shape index (κ2) is 12.0. The minimum Gasteiger partial charge on any atom is -0.469 e. The van der Waals surface area contributed by atoms with Gasteiger partial charge in [-0.05, 0) is 56.8 Å². The Morgan fingerprint density at radius 2 is 1.84 bits per heavy atom. The number of carbonyl (C=O) groups excluding carboxylic acids is 3. The number of alkyl halides is 1. The van der Waals surface area contributed by atoms with Gasteiger partial charge in [-0.2, -0.15) is 8.42 Å². The van der Waals surface area contributed by atoms with E-state index in [1.54, 1.807) is 6.08 Å². The number of methoxy groups -OCH3 is 1. The van der Waals surface area contributed by atoms with Crippen LogP contribution in [-0.4, -0.2) is 86.1 Å². The van der Waals surface area contributed by atoms with Crippen LogP contribution in [0.4, 0.5) is 0 Å². The van der Waals surface area contributed by atoms with E-state index in [9.17, 15) is 22.8 Å². The molecule has 2 heterocycles. The van der Waals surface area contributed by atoms with Crippen molar-refractivity contribution >= 4 is 43.7 Å². The Kier molecular flexibility index (Phi) is 9.39. The number of amides is 1. The van der Waals surface area contributed by atoms with Crippen LogP contribution in [0.5, 0.6) is 0 Å². The number of allylic oxidation sites excluding steroid dienone is 1. The molecule has 0 aromatic rings. The number of nitrogens with zero attached hydrogens (tertiary/aromatic N) is 1. The lowest BCUT2D eigenvalue weighted by molar-refractivity contribution is -0.150. The fourth-order valence-corrected chi connectivity index (χ4v) is 8.30. The van der Waals surface area contributed by atoms with Gasteiger partial charge in [0.1, 0.15) is 0 Å². The first-order valence-electron chi connectivity index (χ1n) is 13.5. The molecular weight excluding hydrogens is 580 g/mol. The van der Waals surface area contributed by atoms with Gasteiger partial charge in [0.15, 0.2) is 5.78 Å². The molecule has 2 saturated carbocycles. The van der Waals surface area contributed by atoms with Gasteiger partial charge in [-0.1, -0.05) is 22.0 Å². The molecule has 38 heavy (non-hydrogen) atoms. The molecule has 5 atom stereocenters. The second-order valence-corrected chi connectivity index (χ2v) is 14.3. The van der Waals surface area contributed by atoms with Gasteiger partial charge in [0, 0.05) is 37.4 Å². The van der Waals surface area contributed by atoms with Crippen LogP contribution in [-0.2, 0) is 38.2 Å². The van der Waals surface area contributed by atoms with E-state index in [4.69, 9.17) is 19.4 Å². The monoisotopic (exact) mass is 618 g/mol. The number of ether oxygens (including phenoxy) is 2. The highest BCUT2D eigenvalue weighted by molar-refractivity contribution is 9.09. The van der Waals surface area contributed by atoms with Crippen molar-refractivity contribution in [2.45, 2.75) is 86.1 Å². The SMILES string of the molecule is C=C[C@@H]1C[C@]1(CC(=O)[C@@H]1C[C@H](OS(=O)(=O)C2CCC(Br)CC2)CN1C(=O)[C@@H](N)C1CCOCC1)C(=O)OC. The fourth-order valence-electron chi connectivity index (χ4n) is 6.25. The summed E-state index contributed by atoms with van der Waals surface area (Å²) >= 11 is 3.54. The largest absolute Gasteiger partial charge is 0.469 e. The quantitative estimate of drug-likeness (QED) is 0.168. The van der Waals surface area contributed by atoms with Gasteiger partial charge in [0.05, 0.1) is 36.0 Å². The minimum absolute atomic E-state index is 0.0358. The van der Waals surface area contributed by atoms with Gasteiger partial charge in [-0.25, -0.2) is 0 Å². The lowest BCUT2D eigenvalue weighted by Gasteiger charge is -2.32. The number of hydrogen-bond acceptors (Lipinski definition) is 9. The van der Waals surface area contributed by atoms with Crippen molar-refractivity contribution in [1.29, 1.82) is 0 Å². The minimum atomic E-state index is -3.89. The molecule has 4 fully saturated rings. The van der Waals surface area contributed by atoms with Crippen LogP contribution in [0.2, 0.25) is 0 Å². The van der Waals surface area contributed by atoms with E-state index < -0.39 is 50.8 Å². The lowest BCUT2D eigenvalue weighted by atomic mass is 9.90. The molecule has 2 N–H and O–H groups in total. The van der Waals surface area contributed by atoms with Crippen LogP contribution in [0.25, 0.3) is 0 Å². The molecular formula is C26H39BrN2O8S. The summed E-state index contributed by atoms with van der Waals surface area (Å²) in [6, 6.07) is -1.77. The Morgan fingerprint density at radius 1 is 1.18 bits per heavy atom. The van der Waals surface area contributed by atoms with Crippen molar-refractivity contribution in [3.05, 3.63) is 12.7 Å². The molecule has 2 aliphatic carbocycles. The van der Waals surface area contributed by atoms with Gasteiger partial charge in [-0.3, -0.25) is 18.6 Å². The molecule has 2 aliphatic heterocycles. The number of nitrogens with two attached hydrogens (primary N) is 1. The zero-order chi connectivity index (χ0) is 27.7. The normalized spacial score (nSPS) is 34.9. The predicted octanol–water partition coefficient (Wildman–Crippen LogP) is 2.09. The van der Waals surface area contributed by atoms with E-state index >= 15 is 0 Å².